The summed E-state index contributed by atoms with van der Waals surface area (Å²) >= 11 is 6.50. The predicted octanol–water partition coefficient (Wildman–Crippen LogP) is 13.3. The van der Waals surface area contributed by atoms with E-state index in [1.54, 1.807) is 72.9 Å². The fraction of sp³-hybridized carbons (Fsp3) is 0.433. The minimum atomic E-state index is -1.48. The van der Waals surface area contributed by atoms with Gasteiger partial charge in [-0.1, -0.05) is 128 Å². The third-order valence-electron chi connectivity index (χ3n) is 11.1. The van der Waals surface area contributed by atoms with E-state index in [2.05, 4.69) is 122 Å². The van der Waals surface area contributed by atoms with Crippen LogP contribution in [0.2, 0.25) is 39.3 Å². The number of carbonyl (C=O) groups is 1. The third-order valence-corrected chi connectivity index (χ3v) is 19.2. The van der Waals surface area contributed by atoms with Gasteiger partial charge in [0.05, 0.1) is 45.0 Å². The van der Waals surface area contributed by atoms with E-state index in [1.807, 2.05) is 72.3 Å². The van der Waals surface area contributed by atoms with Crippen molar-refractivity contribution in [3.8, 4) is 0 Å². The van der Waals surface area contributed by atoms with Gasteiger partial charge in [0.25, 0.3) is 0 Å². The second-order valence-electron chi connectivity index (χ2n) is 21.6. The molecule has 83 heavy (non-hydrogen) atoms. The maximum atomic E-state index is 13.5. The van der Waals surface area contributed by atoms with Crippen LogP contribution in [0.4, 0.5) is 41.6 Å². The van der Waals surface area contributed by atoms with Crippen molar-refractivity contribution in [2.45, 2.75) is 124 Å². The zero-order chi connectivity index (χ0) is 62.7. The van der Waals surface area contributed by atoms with Crippen molar-refractivity contribution in [1.29, 1.82) is 0 Å². The summed E-state index contributed by atoms with van der Waals surface area (Å²) in [6.07, 6.45) is 4.84. The number of nitrogen functional groups attached to an aromatic ring is 1. The molecule has 0 amide bonds. The summed E-state index contributed by atoms with van der Waals surface area (Å²) < 4.78 is 75.3. The Kier molecular flexibility index (Phi) is 46.4. The average molecular weight is 1430 g/mol. The van der Waals surface area contributed by atoms with E-state index >= 15 is 0 Å². The molecule has 12 nitrogen and oxygen atoms in total. The van der Waals surface area contributed by atoms with Crippen molar-refractivity contribution in [2.24, 2.45) is 9.54 Å². The molecule has 0 aromatic heterocycles. The number of rotatable bonds is 10. The molecule has 0 unspecified atom stereocenters. The molecule has 5 aromatic carbocycles. The molecule has 0 aliphatic carbocycles. The number of anilines is 3. The van der Waals surface area contributed by atoms with Crippen molar-refractivity contribution >= 4 is 134 Å². The molecule has 5 aromatic rings. The topological polar surface area (TPSA) is 143 Å². The number of hydrogen-bond donors (Lipinski definition) is 2. The van der Waals surface area contributed by atoms with Crippen molar-refractivity contribution in [2.75, 3.05) is 61.8 Å². The van der Waals surface area contributed by atoms with Crippen LogP contribution in [0.1, 0.15) is 91.1 Å². The van der Waals surface area contributed by atoms with Crippen molar-refractivity contribution in [3.63, 3.8) is 0 Å². The molecule has 1 fully saturated rings. The van der Waals surface area contributed by atoms with E-state index in [0.29, 0.717) is 28.3 Å². The van der Waals surface area contributed by atoms with Gasteiger partial charge >= 0.3 is 23.1 Å². The molecule has 6 rings (SSSR count). The Bertz CT molecular complexity index is 2790. The second-order valence-corrected chi connectivity index (χ2v) is 37.2. The van der Waals surface area contributed by atoms with Gasteiger partial charge in [0, 0.05) is 39.8 Å². The summed E-state index contributed by atoms with van der Waals surface area (Å²) in [7, 11) is -1.48. The first-order valence-corrected chi connectivity index (χ1v) is 37.0. The standard InChI is InChI=1S/C12H14N2OS.C10H15BrFNSi.C10H15FNSi.C8H5NO.C6H5BrFN.C6H15N.C4H11NOS.C4H8O.BrH.Mg/c1-12(2,3)16(15)14-9-10-6-5-7-11(8-10)13-4;1-13(14(2,3)4)10-7-8(11)5-6-9(10)12;1-12(13(2,3)4)10-8-6-5-7-9(10)11;1-9-8-4-2-3-7(5-8)6-10;7-4-1-2-5(8)6(9)3-4;1-4-7(5-2)6-3;1-4(2,3)7(5)6;1-2-4-5-3-1;;/h5-9H,1-3H3;5-7H,1-4H3;5,7-8H,1-4H3;2-6H;1-3H,9H2;4-6H2,1-3H3;5H2,1-3H3;1-4H2;1H;/q;;-1;;;;;;;+2/p-1/t16-;;;;;;7-;;;/m1.....1.../s1. The average Bonchev–Trinajstić information content (AvgIpc) is 4.01. The molecule has 0 radical (unpaired) electrons. The van der Waals surface area contributed by atoms with Crippen molar-refractivity contribution in [1.82, 2.24) is 4.90 Å². The monoisotopic (exact) mass is 1420 g/mol. The summed E-state index contributed by atoms with van der Waals surface area (Å²) in [5.41, 5.74) is 9.13. The van der Waals surface area contributed by atoms with Gasteiger partial charge in [-0.05, 0) is 148 Å². The zero-order valence-corrected chi connectivity index (χ0v) is 61.5. The van der Waals surface area contributed by atoms with E-state index in [0.717, 1.165) is 34.0 Å². The summed E-state index contributed by atoms with van der Waals surface area (Å²) in [6, 6.07) is 30.8. The Morgan fingerprint density at radius 2 is 1.12 bits per heavy atom. The van der Waals surface area contributed by atoms with Gasteiger partial charge in [0.1, 0.15) is 45.4 Å². The molecule has 1 aliphatic heterocycles. The molecule has 456 valence electrons. The van der Waals surface area contributed by atoms with Crippen LogP contribution in [0, 0.1) is 36.7 Å². The number of ether oxygens (including phenoxy) is 1. The summed E-state index contributed by atoms with van der Waals surface area (Å²) in [4.78, 5) is 19.0. The summed E-state index contributed by atoms with van der Waals surface area (Å²) in [6.45, 7) is 49.9. The number of carbonyl (C=O) groups excluding carboxylic acids is 1. The van der Waals surface area contributed by atoms with Crippen LogP contribution < -0.4 is 37.0 Å². The molecule has 4 N–H and O–H groups in total. The van der Waals surface area contributed by atoms with Crippen LogP contribution >= 0.6 is 31.9 Å². The SMILES string of the molecule is C1CCOC1.CC(C)(C)[S@](N)=O.CCN(CC)CC.CN(c1c[c-]ccc1F)[Si](C)(C)C.CN(c1cc(Br)ccc1F)[Si](C)(C)C.Nc1cc(Br)ccc1F.[Br-].[C-]#[N+]c1cccc(C=N[S@](=O)C(C)(C)C)c1.[C-]#[N+]c1cccc(C=O)c1.[Mg+2]. The van der Waals surface area contributed by atoms with Gasteiger partial charge in [-0.3, -0.25) is 9.93 Å². The predicted molar refractivity (Wildman–Crippen MR) is 359 cm³/mol. The van der Waals surface area contributed by atoms with Crippen molar-refractivity contribution < 1.29 is 48.1 Å². The van der Waals surface area contributed by atoms with Gasteiger partial charge in [-0.2, -0.15) is 22.6 Å². The van der Waals surface area contributed by atoms with Gasteiger partial charge in [0.2, 0.25) is 0 Å². The van der Waals surface area contributed by atoms with Crippen LogP contribution in [0.15, 0.2) is 116 Å². The maximum Gasteiger partial charge on any atom is 2.00 e. The van der Waals surface area contributed by atoms with Crippen LogP contribution in [-0.2, 0) is 26.7 Å². The minimum Gasteiger partial charge on any atom is -1.00 e. The second kappa shape index (κ2) is 44.8. The first-order valence-electron chi connectivity index (χ1n) is 26.2. The quantitative estimate of drug-likeness (QED) is 0.0463. The maximum absolute atomic E-state index is 13.5. The fourth-order valence-electron chi connectivity index (χ4n) is 5.43. The van der Waals surface area contributed by atoms with Gasteiger partial charge < -0.3 is 41.5 Å². The Hall–Kier alpha value is -3.57. The number of nitrogens with zero attached hydrogens (tertiary/aromatic N) is 6. The fourth-order valence-corrected chi connectivity index (χ4v) is 8.48. The number of aldehydes is 1. The normalized spacial score (nSPS) is 12.1. The third kappa shape index (κ3) is 39.7. The molecule has 1 saturated heterocycles. The Labute approximate surface area is 547 Å². The molecule has 1 aliphatic rings. The van der Waals surface area contributed by atoms with Gasteiger partial charge in [-0.25, -0.2) is 31.3 Å². The van der Waals surface area contributed by atoms with E-state index in [4.69, 9.17) is 28.8 Å². The molecule has 2 atom stereocenters. The Morgan fingerprint density at radius 3 is 1.47 bits per heavy atom. The largest absolute Gasteiger partial charge is 2.00 e. The molecule has 0 saturated carbocycles. The molecular weight excluding hydrogens is 1340 g/mol. The van der Waals surface area contributed by atoms with Crippen molar-refractivity contribution in [3.05, 3.63) is 170 Å². The zero-order valence-electron chi connectivity index (χ0n) is 51.7. The van der Waals surface area contributed by atoms with E-state index in [-0.39, 0.29) is 72.7 Å². The number of benzene rings is 5. The van der Waals surface area contributed by atoms with Crippen LogP contribution in [0.25, 0.3) is 9.69 Å². The Morgan fingerprint density at radius 1 is 0.699 bits per heavy atom. The number of halogens is 6. The molecule has 0 spiro atoms. The first kappa shape index (κ1) is 85.9. The van der Waals surface area contributed by atoms with Gasteiger partial charge in [-0.15, -0.1) is 6.07 Å². The first-order chi connectivity index (χ1) is 37.5. The van der Waals surface area contributed by atoms with Gasteiger partial charge in [0.15, 0.2) is 11.4 Å². The molecular formula is C60H88Br3F3MgN8O4S2Si2. The van der Waals surface area contributed by atoms with E-state index < -0.39 is 38.4 Å². The van der Waals surface area contributed by atoms with Crippen LogP contribution in [0.5, 0.6) is 0 Å². The van der Waals surface area contributed by atoms with E-state index in [9.17, 15) is 26.4 Å². The smallest absolute Gasteiger partial charge is 1.00 e. The number of hydrogen-bond acceptors (Lipinski definition) is 8. The van der Waals surface area contributed by atoms with Crippen LogP contribution in [0.3, 0.4) is 0 Å². The molecule has 1 heterocycles. The minimum absolute atomic E-state index is 0. The van der Waals surface area contributed by atoms with Crippen LogP contribution in [-0.4, -0.2) is 122 Å². The summed E-state index contributed by atoms with van der Waals surface area (Å²) in [5.74, 6) is -0.694. The Balaban J connectivity index is -0.000000438. The molecule has 23 heteroatoms. The summed E-state index contributed by atoms with van der Waals surface area (Å²) in [5, 5.41) is 5.04. The molecule has 0 bridgehead atoms. The van der Waals surface area contributed by atoms with E-state index in [1.165, 1.54) is 56.7 Å². The number of nitrogens with two attached hydrogens (primary N) is 2.